The van der Waals surface area contributed by atoms with E-state index in [2.05, 4.69) is 5.32 Å². The average molecular weight is 364 g/mol. The third-order valence-electron chi connectivity index (χ3n) is 2.32. The number of hydrogen-bond donors (Lipinski definition) is 2. The maximum atomic E-state index is 13.6. The van der Waals surface area contributed by atoms with Crippen molar-refractivity contribution in [1.82, 2.24) is 0 Å². The van der Waals surface area contributed by atoms with Crippen LogP contribution in [0.5, 0.6) is 0 Å². The van der Waals surface area contributed by atoms with Gasteiger partial charge in [0.15, 0.2) is 11.6 Å². The lowest BCUT2D eigenvalue weighted by Gasteiger charge is -2.11. The van der Waals surface area contributed by atoms with Gasteiger partial charge in [0, 0.05) is 3.57 Å². The highest BCUT2D eigenvalue weighted by molar-refractivity contribution is 14.1. The zero-order valence-electron chi connectivity index (χ0n) is 8.98. The Hall–Kier alpha value is -1.44. The topological polar surface area (TPSA) is 38.0 Å². The van der Waals surface area contributed by atoms with Crippen molar-refractivity contribution >= 4 is 39.7 Å². The number of anilines is 3. The van der Waals surface area contributed by atoms with Crippen LogP contribution in [0.4, 0.5) is 30.2 Å². The van der Waals surface area contributed by atoms with E-state index in [0.29, 0.717) is 3.57 Å². The fraction of sp³-hybridized carbons (Fsp3) is 0. The van der Waals surface area contributed by atoms with Crippen LogP contribution in [0.15, 0.2) is 30.3 Å². The van der Waals surface area contributed by atoms with Gasteiger partial charge in [-0.15, -0.1) is 0 Å². The summed E-state index contributed by atoms with van der Waals surface area (Å²) in [5, 5.41) is 2.46. The molecular weight excluding hydrogens is 356 g/mol. The first-order valence-corrected chi connectivity index (χ1v) is 6.02. The normalized spacial score (nSPS) is 10.4. The molecule has 0 bridgehead atoms. The highest BCUT2D eigenvalue weighted by atomic mass is 127. The summed E-state index contributed by atoms with van der Waals surface area (Å²) in [4.78, 5) is 0. The summed E-state index contributed by atoms with van der Waals surface area (Å²) in [6, 6.07) is 6.47. The van der Waals surface area contributed by atoms with E-state index in [4.69, 9.17) is 5.73 Å². The second-order valence-electron chi connectivity index (χ2n) is 3.57. The molecule has 0 aliphatic rings. The van der Waals surface area contributed by atoms with Crippen LogP contribution < -0.4 is 11.1 Å². The summed E-state index contributed by atoms with van der Waals surface area (Å²) in [6.45, 7) is 0. The zero-order chi connectivity index (χ0) is 13.3. The van der Waals surface area contributed by atoms with Crippen molar-refractivity contribution in [1.29, 1.82) is 0 Å². The monoisotopic (exact) mass is 364 g/mol. The molecule has 0 spiro atoms. The molecule has 0 aliphatic heterocycles. The first kappa shape index (κ1) is 13.0. The Labute approximate surface area is 115 Å². The van der Waals surface area contributed by atoms with E-state index in [9.17, 15) is 13.2 Å². The van der Waals surface area contributed by atoms with Crippen molar-refractivity contribution in [3.63, 3.8) is 0 Å². The highest BCUT2D eigenvalue weighted by Gasteiger charge is 2.13. The molecule has 2 rings (SSSR count). The van der Waals surface area contributed by atoms with Gasteiger partial charge in [0.05, 0.1) is 11.4 Å². The maximum Gasteiger partial charge on any atom is 0.184 e. The Bertz CT molecular complexity index is 602. The van der Waals surface area contributed by atoms with Crippen LogP contribution >= 0.6 is 22.6 Å². The molecule has 2 aromatic rings. The fourth-order valence-corrected chi connectivity index (χ4v) is 1.87. The number of rotatable bonds is 2. The summed E-state index contributed by atoms with van der Waals surface area (Å²) in [5.41, 5.74) is 5.30. The first-order valence-electron chi connectivity index (χ1n) is 4.94. The molecular formula is C12H8F3IN2. The van der Waals surface area contributed by atoms with Crippen LogP contribution in [0.2, 0.25) is 0 Å². The van der Waals surface area contributed by atoms with E-state index >= 15 is 0 Å². The summed E-state index contributed by atoms with van der Waals surface area (Å²) in [7, 11) is 0. The summed E-state index contributed by atoms with van der Waals surface area (Å²) < 4.78 is 40.9. The molecule has 2 nitrogen and oxygen atoms in total. The molecule has 6 heteroatoms. The third kappa shape index (κ3) is 2.53. The van der Waals surface area contributed by atoms with Gasteiger partial charge in [0.1, 0.15) is 11.5 Å². The van der Waals surface area contributed by atoms with Gasteiger partial charge in [0.25, 0.3) is 0 Å². The van der Waals surface area contributed by atoms with E-state index in [1.807, 2.05) is 22.6 Å². The molecule has 2 aromatic carbocycles. The lowest BCUT2D eigenvalue weighted by Crippen LogP contribution is -2.03. The van der Waals surface area contributed by atoms with E-state index < -0.39 is 17.5 Å². The molecule has 0 saturated carbocycles. The molecule has 0 saturated heterocycles. The quantitative estimate of drug-likeness (QED) is 0.624. The van der Waals surface area contributed by atoms with Crippen LogP contribution in [0.3, 0.4) is 0 Å². The minimum Gasteiger partial charge on any atom is -0.397 e. The lowest BCUT2D eigenvalue weighted by molar-refractivity contribution is 0.512. The standard InChI is InChI=1S/C12H8F3IN2/c13-7-2-3-9(17)12(11(7)15)18-10-4-1-6(16)5-8(10)14/h1-5,18H,17H2. The van der Waals surface area contributed by atoms with Gasteiger partial charge in [-0.3, -0.25) is 0 Å². The average Bonchev–Trinajstić information content (AvgIpc) is 2.32. The van der Waals surface area contributed by atoms with Gasteiger partial charge < -0.3 is 11.1 Å². The molecule has 0 aliphatic carbocycles. The fourth-order valence-electron chi connectivity index (χ4n) is 1.42. The predicted molar refractivity (Wildman–Crippen MR) is 73.2 cm³/mol. The van der Waals surface area contributed by atoms with Crippen LogP contribution in [0, 0.1) is 21.0 Å². The molecule has 0 unspecified atom stereocenters. The SMILES string of the molecule is Nc1ccc(F)c(F)c1Nc1ccc(I)cc1F. The molecule has 0 radical (unpaired) electrons. The number of halogens is 4. The Morgan fingerprint density at radius 3 is 2.39 bits per heavy atom. The van der Waals surface area contributed by atoms with Crippen molar-refractivity contribution in [2.24, 2.45) is 0 Å². The second kappa shape index (κ2) is 5.05. The summed E-state index contributed by atoms with van der Waals surface area (Å²) in [5.74, 6) is -2.74. The lowest BCUT2D eigenvalue weighted by atomic mass is 10.2. The van der Waals surface area contributed by atoms with Crippen molar-refractivity contribution in [3.05, 3.63) is 51.4 Å². The zero-order valence-corrected chi connectivity index (χ0v) is 11.1. The smallest absolute Gasteiger partial charge is 0.184 e. The van der Waals surface area contributed by atoms with Crippen molar-refractivity contribution in [3.8, 4) is 0 Å². The summed E-state index contributed by atoms with van der Waals surface area (Å²) >= 11 is 1.95. The largest absolute Gasteiger partial charge is 0.397 e. The molecule has 0 aromatic heterocycles. The molecule has 0 fully saturated rings. The first-order chi connectivity index (χ1) is 8.49. The number of nitrogens with one attached hydrogen (secondary N) is 1. The molecule has 94 valence electrons. The Morgan fingerprint density at radius 2 is 1.72 bits per heavy atom. The number of nitrogen functional groups attached to an aromatic ring is 1. The van der Waals surface area contributed by atoms with Gasteiger partial charge in [-0.25, -0.2) is 13.2 Å². The van der Waals surface area contributed by atoms with Crippen molar-refractivity contribution < 1.29 is 13.2 Å². The highest BCUT2D eigenvalue weighted by Crippen LogP contribution is 2.29. The number of benzene rings is 2. The molecule has 18 heavy (non-hydrogen) atoms. The van der Waals surface area contributed by atoms with Gasteiger partial charge in [-0.05, 0) is 52.9 Å². The van der Waals surface area contributed by atoms with E-state index in [1.54, 1.807) is 6.07 Å². The predicted octanol–water partition coefficient (Wildman–Crippen LogP) is 4.03. The number of nitrogens with two attached hydrogens (primary N) is 1. The van der Waals surface area contributed by atoms with Crippen LogP contribution in [0.25, 0.3) is 0 Å². The Balaban J connectivity index is 2.43. The minimum atomic E-state index is -1.13. The molecule has 0 atom stereocenters. The van der Waals surface area contributed by atoms with Gasteiger partial charge in [-0.1, -0.05) is 0 Å². The van der Waals surface area contributed by atoms with E-state index in [-0.39, 0.29) is 17.1 Å². The Morgan fingerprint density at radius 1 is 1.00 bits per heavy atom. The summed E-state index contributed by atoms with van der Waals surface area (Å²) in [6.07, 6.45) is 0. The minimum absolute atomic E-state index is 0.00634. The van der Waals surface area contributed by atoms with E-state index in [1.165, 1.54) is 18.2 Å². The van der Waals surface area contributed by atoms with Crippen LogP contribution in [-0.2, 0) is 0 Å². The van der Waals surface area contributed by atoms with Gasteiger partial charge >= 0.3 is 0 Å². The van der Waals surface area contributed by atoms with Crippen molar-refractivity contribution in [2.75, 3.05) is 11.1 Å². The van der Waals surface area contributed by atoms with Crippen LogP contribution in [0.1, 0.15) is 0 Å². The molecule has 0 amide bonds. The maximum absolute atomic E-state index is 13.6. The molecule has 0 heterocycles. The van der Waals surface area contributed by atoms with Crippen LogP contribution in [-0.4, -0.2) is 0 Å². The van der Waals surface area contributed by atoms with Crippen molar-refractivity contribution in [2.45, 2.75) is 0 Å². The third-order valence-corrected chi connectivity index (χ3v) is 2.99. The Kier molecular flexibility index (Phi) is 3.65. The van der Waals surface area contributed by atoms with Gasteiger partial charge in [-0.2, -0.15) is 0 Å². The van der Waals surface area contributed by atoms with E-state index in [0.717, 1.165) is 6.07 Å². The second-order valence-corrected chi connectivity index (χ2v) is 4.82. The number of hydrogen-bond acceptors (Lipinski definition) is 2. The van der Waals surface area contributed by atoms with Gasteiger partial charge in [0.2, 0.25) is 0 Å². The molecule has 3 N–H and O–H groups in total.